The van der Waals surface area contributed by atoms with Crippen LogP contribution in [-0.4, -0.2) is 18.7 Å². The molecule has 0 radical (unpaired) electrons. The predicted molar refractivity (Wildman–Crippen MR) is 90.6 cm³/mol. The number of amides is 1. The normalized spacial score (nSPS) is 20.0. The zero-order valence-electron chi connectivity index (χ0n) is 13.3. The fraction of sp³-hybridized carbons (Fsp3) is 0.263. The van der Waals surface area contributed by atoms with E-state index in [-0.39, 0.29) is 11.8 Å². The van der Waals surface area contributed by atoms with E-state index in [0.29, 0.717) is 5.92 Å². The molecule has 0 bridgehead atoms. The minimum atomic E-state index is -0.00767. The standard InChI is InChI=1S/C19H20N2O2/c1-13(14-8-10-16(23-2)11-9-14)20-21-19(22)18-12-17(18)15-6-4-3-5-7-15/h3-11,17-18H,12H2,1-2H3,(H,21,22)/b20-13+. The van der Waals surface area contributed by atoms with E-state index < -0.39 is 0 Å². The number of rotatable bonds is 5. The maximum Gasteiger partial charge on any atom is 0.243 e. The molecule has 3 rings (SSSR count). The van der Waals surface area contributed by atoms with Crippen molar-refractivity contribution in [3.05, 3.63) is 65.7 Å². The van der Waals surface area contributed by atoms with Crippen molar-refractivity contribution in [1.29, 1.82) is 0 Å². The van der Waals surface area contributed by atoms with Gasteiger partial charge in [-0.15, -0.1) is 0 Å². The van der Waals surface area contributed by atoms with Crippen molar-refractivity contribution in [3.8, 4) is 5.75 Å². The Balaban J connectivity index is 1.58. The molecule has 2 aromatic carbocycles. The molecule has 23 heavy (non-hydrogen) atoms. The second-order valence-corrected chi connectivity index (χ2v) is 5.76. The number of benzene rings is 2. The van der Waals surface area contributed by atoms with Gasteiger partial charge in [0.1, 0.15) is 5.75 Å². The highest BCUT2D eigenvalue weighted by Gasteiger charge is 2.43. The average Bonchev–Trinajstić information content (AvgIpc) is 3.41. The summed E-state index contributed by atoms with van der Waals surface area (Å²) in [5, 5.41) is 4.22. The molecular formula is C19H20N2O2. The molecule has 4 nitrogen and oxygen atoms in total. The van der Waals surface area contributed by atoms with Crippen LogP contribution in [0.25, 0.3) is 0 Å². The molecule has 2 unspecified atom stereocenters. The van der Waals surface area contributed by atoms with Gasteiger partial charge in [-0.1, -0.05) is 30.3 Å². The molecule has 1 aliphatic carbocycles. The van der Waals surface area contributed by atoms with Crippen LogP contribution in [-0.2, 0) is 4.79 Å². The third kappa shape index (κ3) is 3.59. The van der Waals surface area contributed by atoms with Crippen molar-refractivity contribution in [1.82, 2.24) is 5.43 Å². The van der Waals surface area contributed by atoms with Crippen LogP contribution in [0.5, 0.6) is 5.75 Å². The summed E-state index contributed by atoms with van der Waals surface area (Å²) in [4.78, 5) is 12.2. The summed E-state index contributed by atoms with van der Waals surface area (Å²) in [5.74, 6) is 1.15. The van der Waals surface area contributed by atoms with Gasteiger partial charge in [0.05, 0.1) is 12.8 Å². The fourth-order valence-corrected chi connectivity index (χ4v) is 2.67. The lowest BCUT2D eigenvalue weighted by Crippen LogP contribution is -2.21. The molecule has 0 spiro atoms. The van der Waals surface area contributed by atoms with Gasteiger partial charge in [-0.25, -0.2) is 5.43 Å². The summed E-state index contributed by atoms with van der Waals surface area (Å²) in [5.41, 5.74) is 5.65. The summed E-state index contributed by atoms with van der Waals surface area (Å²) in [7, 11) is 1.63. The van der Waals surface area contributed by atoms with Crippen molar-refractivity contribution in [3.63, 3.8) is 0 Å². The van der Waals surface area contributed by atoms with E-state index in [4.69, 9.17) is 4.74 Å². The molecule has 1 aliphatic rings. The summed E-state index contributed by atoms with van der Waals surface area (Å²) in [6.45, 7) is 1.88. The predicted octanol–water partition coefficient (Wildman–Crippen LogP) is 3.34. The molecule has 2 atom stereocenters. The zero-order chi connectivity index (χ0) is 16.2. The zero-order valence-corrected chi connectivity index (χ0v) is 13.3. The van der Waals surface area contributed by atoms with Crippen molar-refractivity contribution in [2.24, 2.45) is 11.0 Å². The van der Waals surface area contributed by atoms with Gasteiger partial charge in [0.25, 0.3) is 0 Å². The Morgan fingerprint density at radius 3 is 2.48 bits per heavy atom. The summed E-state index contributed by atoms with van der Waals surface area (Å²) < 4.78 is 5.13. The van der Waals surface area contributed by atoms with Crippen LogP contribution in [0, 0.1) is 5.92 Å². The molecule has 1 amide bonds. The lowest BCUT2D eigenvalue weighted by Gasteiger charge is -2.04. The molecule has 1 N–H and O–H groups in total. The Morgan fingerprint density at radius 1 is 1.13 bits per heavy atom. The van der Waals surface area contributed by atoms with Gasteiger partial charge in [0.15, 0.2) is 0 Å². The van der Waals surface area contributed by atoms with E-state index in [2.05, 4.69) is 22.7 Å². The quantitative estimate of drug-likeness (QED) is 0.680. The minimum Gasteiger partial charge on any atom is -0.497 e. The summed E-state index contributed by atoms with van der Waals surface area (Å²) in [6.07, 6.45) is 0.896. The highest BCUT2D eigenvalue weighted by atomic mass is 16.5. The first-order chi connectivity index (χ1) is 11.2. The van der Waals surface area contributed by atoms with Crippen molar-refractivity contribution < 1.29 is 9.53 Å². The maximum absolute atomic E-state index is 12.2. The summed E-state index contributed by atoms with van der Waals surface area (Å²) >= 11 is 0. The molecule has 1 saturated carbocycles. The SMILES string of the molecule is COc1ccc(/C(C)=N/NC(=O)C2CC2c2ccccc2)cc1. The van der Waals surface area contributed by atoms with Gasteiger partial charge in [0, 0.05) is 5.92 Å². The van der Waals surface area contributed by atoms with Gasteiger partial charge in [-0.05, 0) is 54.7 Å². The van der Waals surface area contributed by atoms with Crippen LogP contribution >= 0.6 is 0 Å². The largest absolute Gasteiger partial charge is 0.497 e. The second-order valence-electron chi connectivity index (χ2n) is 5.76. The minimum absolute atomic E-state index is 0.00767. The van der Waals surface area contributed by atoms with Crippen LogP contribution in [0.1, 0.15) is 30.4 Å². The van der Waals surface area contributed by atoms with Crippen LogP contribution in [0.4, 0.5) is 0 Å². The fourth-order valence-electron chi connectivity index (χ4n) is 2.67. The monoisotopic (exact) mass is 308 g/mol. The molecule has 2 aromatic rings. The number of carbonyl (C=O) groups is 1. The number of nitrogens with one attached hydrogen (secondary N) is 1. The Hall–Kier alpha value is -2.62. The van der Waals surface area contributed by atoms with E-state index in [9.17, 15) is 4.79 Å². The van der Waals surface area contributed by atoms with E-state index in [1.165, 1.54) is 5.56 Å². The smallest absolute Gasteiger partial charge is 0.243 e. The van der Waals surface area contributed by atoms with Gasteiger partial charge in [-0.3, -0.25) is 4.79 Å². The number of hydrogen-bond acceptors (Lipinski definition) is 3. The van der Waals surface area contributed by atoms with Gasteiger partial charge < -0.3 is 4.74 Å². The molecule has 0 saturated heterocycles. The van der Waals surface area contributed by atoms with Crippen LogP contribution < -0.4 is 10.2 Å². The van der Waals surface area contributed by atoms with E-state index in [1.807, 2.05) is 49.4 Å². The third-order valence-corrected chi connectivity index (χ3v) is 4.20. The number of ether oxygens (including phenoxy) is 1. The number of hydrazone groups is 1. The highest BCUT2D eigenvalue weighted by Crippen LogP contribution is 2.47. The number of nitrogens with zero attached hydrogens (tertiary/aromatic N) is 1. The molecule has 0 aliphatic heterocycles. The van der Waals surface area contributed by atoms with Crippen molar-refractivity contribution >= 4 is 11.6 Å². The highest BCUT2D eigenvalue weighted by molar-refractivity contribution is 5.99. The number of hydrogen-bond donors (Lipinski definition) is 1. The first-order valence-corrected chi connectivity index (χ1v) is 7.72. The first-order valence-electron chi connectivity index (χ1n) is 7.72. The van der Waals surface area contributed by atoms with Crippen LogP contribution in [0.15, 0.2) is 59.7 Å². The van der Waals surface area contributed by atoms with Crippen molar-refractivity contribution in [2.75, 3.05) is 7.11 Å². The number of carbonyl (C=O) groups excluding carboxylic acids is 1. The van der Waals surface area contributed by atoms with Crippen molar-refractivity contribution in [2.45, 2.75) is 19.3 Å². The van der Waals surface area contributed by atoms with Crippen LogP contribution in [0.2, 0.25) is 0 Å². The van der Waals surface area contributed by atoms with Gasteiger partial charge >= 0.3 is 0 Å². The molecule has 4 heteroatoms. The Kier molecular flexibility index (Phi) is 4.42. The Bertz CT molecular complexity index is 708. The number of methoxy groups -OCH3 is 1. The topological polar surface area (TPSA) is 50.7 Å². The lowest BCUT2D eigenvalue weighted by atomic mass is 10.1. The molecule has 118 valence electrons. The molecule has 0 aromatic heterocycles. The first kappa shape index (κ1) is 15.3. The van der Waals surface area contributed by atoms with E-state index in [0.717, 1.165) is 23.4 Å². The lowest BCUT2D eigenvalue weighted by molar-refractivity contribution is -0.122. The molecular weight excluding hydrogens is 288 g/mol. The average molecular weight is 308 g/mol. The van der Waals surface area contributed by atoms with E-state index in [1.54, 1.807) is 7.11 Å². The molecule has 1 fully saturated rings. The maximum atomic E-state index is 12.2. The summed E-state index contributed by atoms with van der Waals surface area (Å²) in [6, 6.07) is 17.8. The van der Waals surface area contributed by atoms with E-state index >= 15 is 0 Å². The van der Waals surface area contributed by atoms with Gasteiger partial charge in [-0.2, -0.15) is 5.10 Å². The van der Waals surface area contributed by atoms with Crippen LogP contribution in [0.3, 0.4) is 0 Å². The third-order valence-electron chi connectivity index (χ3n) is 4.20. The Labute approximate surface area is 136 Å². The van der Waals surface area contributed by atoms with Gasteiger partial charge in [0.2, 0.25) is 5.91 Å². The Morgan fingerprint density at radius 2 is 1.83 bits per heavy atom. The molecule has 0 heterocycles. The second kappa shape index (κ2) is 6.65.